The van der Waals surface area contributed by atoms with E-state index in [1.165, 1.54) is 19.3 Å². The van der Waals surface area contributed by atoms with Crippen molar-refractivity contribution < 1.29 is 0 Å². The summed E-state index contributed by atoms with van der Waals surface area (Å²) in [6.45, 7) is 7.18. The fourth-order valence-corrected chi connectivity index (χ4v) is 6.67. The third kappa shape index (κ3) is 6.24. The van der Waals surface area contributed by atoms with Gasteiger partial charge in [-0.15, -0.1) is 69.6 Å². The first-order valence-corrected chi connectivity index (χ1v) is 12.7. The highest BCUT2D eigenvalue weighted by atomic mass is 35.5. The lowest BCUT2D eigenvalue weighted by Gasteiger charge is -2.37. The average molecular weight is 507 g/mol. The van der Waals surface area contributed by atoms with Gasteiger partial charge in [0.2, 0.25) is 0 Å². The van der Waals surface area contributed by atoms with E-state index in [0.29, 0.717) is 0 Å². The molecule has 2 fully saturated rings. The van der Waals surface area contributed by atoms with Crippen LogP contribution < -0.4 is 0 Å². The van der Waals surface area contributed by atoms with Crippen LogP contribution in [0.3, 0.4) is 0 Å². The molecule has 2 aliphatic rings. The maximum Gasteiger partial charge on any atom is 0.0693 e. The van der Waals surface area contributed by atoms with Gasteiger partial charge in [0, 0.05) is 0 Å². The van der Waals surface area contributed by atoms with Gasteiger partial charge < -0.3 is 0 Å². The van der Waals surface area contributed by atoms with Crippen molar-refractivity contribution in [3.8, 4) is 0 Å². The smallest absolute Gasteiger partial charge is 0.0693 e. The standard InChI is InChI=1S/C16H24.C6H6Cl6/c1-12(2)15-10-9-13(3)11-16(15)14-7-5-4-6-8-14;7-1-2(8)4(10)6(12)5(11)3(1)9/h4-8,12-13,15-16H,9-11H2,1-3H3;1-6H/t;1-,2-,3-,4+,5+,6+. The lowest BCUT2D eigenvalue weighted by Crippen LogP contribution is -2.52. The second-order valence-electron chi connectivity index (χ2n) is 8.51. The monoisotopic (exact) mass is 504 g/mol. The van der Waals surface area contributed by atoms with Crippen molar-refractivity contribution in [2.75, 3.05) is 0 Å². The minimum absolute atomic E-state index is 0.437. The third-order valence-corrected chi connectivity index (χ3v) is 10.1. The molecule has 2 saturated carbocycles. The van der Waals surface area contributed by atoms with Crippen LogP contribution in [-0.2, 0) is 0 Å². The zero-order valence-electron chi connectivity index (χ0n) is 16.5. The molecule has 3 unspecified atom stereocenters. The fourth-order valence-electron chi connectivity index (χ4n) is 4.34. The fraction of sp³-hybridized carbons (Fsp3) is 0.727. The number of rotatable bonds is 2. The highest BCUT2D eigenvalue weighted by molar-refractivity contribution is 6.45. The quantitative estimate of drug-likeness (QED) is 0.352. The number of hydrogen-bond donors (Lipinski definition) is 0. The lowest BCUT2D eigenvalue weighted by atomic mass is 9.68. The molecule has 3 rings (SSSR count). The summed E-state index contributed by atoms with van der Waals surface area (Å²) < 4.78 is 0. The maximum atomic E-state index is 5.88. The van der Waals surface area contributed by atoms with Crippen LogP contribution in [0.5, 0.6) is 0 Å². The maximum absolute atomic E-state index is 5.88. The molecule has 6 heteroatoms. The molecule has 28 heavy (non-hydrogen) atoms. The molecule has 0 aliphatic heterocycles. The van der Waals surface area contributed by atoms with Crippen LogP contribution in [0.25, 0.3) is 0 Å². The lowest BCUT2D eigenvalue weighted by molar-refractivity contribution is 0.197. The molecule has 0 saturated heterocycles. The van der Waals surface area contributed by atoms with E-state index >= 15 is 0 Å². The summed E-state index contributed by atoms with van der Waals surface area (Å²) in [5, 5.41) is -2.62. The predicted molar refractivity (Wildman–Crippen MR) is 128 cm³/mol. The van der Waals surface area contributed by atoms with Crippen molar-refractivity contribution in [3.63, 3.8) is 0 Å². The Morgan fingerprint density at radius 1 is 0.714 bits per heavy atom. The van der Waals surface area contributed by atoms with Gasteiger partial charge in [0.1, 0.15) is 0 Å². The van der Waals surface area contributed by atoms with Gasteiger partial charge in [-0.05, 0) is 42.1 Å². The summed E-state index contributed by atoms with van der Waals surface area (Å²) in [6.07, 6.45) is 4.22. The Labute approximate surface area is 200 Å². The van der Waals surface area contributed by atoms with Gasteiger partial charge in [0.05, 0.1) is 32.3 Å². The highest BCUT2D eigenvalue weighted by Gasteiger charge is 2.46. The van der Waals surface area contributed by atoms with Crippen LogP contribution in [0.15, 0.2) is 30.3 Å². The first-order valence-electron chi connectivity index (χ1n) is 10.0. The number of alkyl halides is 6. The Hall–Kier alpha value is 0.960. The number of halogens is 6. The van der Waals surface area contributed by atoms with Gasteiger partial charge in [0.15, 0.2) is 0 Å². The van der Waals surface area contributed by atoms with Gasteiger partial charge in [0.25, 0.3) is 0 Å². The first kappa shape index (κ1) is 25.2. The van der Waals surface area contributed by atoms with E-state index in [9.17, 15) is 0 Å². The van der Waals surface area contributed by atoms with E-state index in [4.69, 9.17) is 69.6 Å². The molecule has 1 aromatic rings. The molecule has 0 spiro atoms. The van der Waals surface area contributed by atoms with Crippen molar-refractivity contribution in [2.45, 2.75) is 78.2 Å². The molecule has 0 bridgehead atoms. The highest BCUT2D eigenvalue weighted by Crippen LogP contribution is 2.43. The minimum atomic E-state index is -0.437. The van der Waals surface area contributed by atoms with Crippen molar-refractivity contribution in [2.24, 2.45) is 17.8 Å². The summed E-state index contributed by atoms with van der Waals surface area (Å²) in [4.78, 5) is 0. The van der Waals surface area contributed by atoms with Gasteiger partial charge in [-0.1, -0.05) is 57.5 Å². The molecule has 0 nitrogen and oxygen atoms in total. The average Bonchev–Trinajstić information content (AvgIpc) is 2.70. The van der Waals surface area contributed by atoms with Crippen LogP contribution in [-0.4, -0.2) is 32.3 Å². The molecule has 1 aromatic carbocycles. The summed E-state index contributed by atoms with van der Waals surface area (Å²) in [6, 6.07) is 11.1. The second-order valence-corrected chi connectivity index (χ2v) is 11.5. The van der Waals surface area contributed by atoms with Gasteiger partial charge >= 0.3 is 0 Å². The van der Waals surface area contributed by atoms with E-state index < -0.39 is 32.3 Å². The molecular weight excluding hydrogens is 477 g/mol. The van der Waals surface area contributed by atoms with Crippen LogP contribution in [0.2, 0.25) is 0 Å². The Morgan fingerprint density at radius 3 is 1.54 bits per heavy atom. The normalized spacial score (nSPS) is 41.3. The molecule has 0 N–H and O–H groups in total. The van der Waals surface area contributed by atoms with E-state index in [0.717, 1.165) is 23.7 Å². The molecule has 2 aliphatic carbocycles. The topological polar surface area (TPSA) is 0 Å². The Bertz CT molecular complexity index is 521. The van der Waals surface area contributed by atoms with Crippen LogP contribution in [0, 0.1) is 17.8 Å². The minimum Gasteiger partial charge on any atom is -0.120 e. The van der Waals surface area contributed by atoms with Gasteiger partial charge in [-0.3, -0.25) is 0 Å². The van der Waals surface area contributed by atoms with Crippen molar-refractivity contribution in [3.05, 3.63) is 35.9 Å². The van der Waals surface area contributed by atoms with Crippen molar-refractivity contribution in [1.29, 1.82) is 0 Å². The van der Waals surface area contributed by atoms with Gasteiger partial charge in [-0.25, -0.2) is 0 Å². The summed E-state index contributed by atoms with van der Waals surface area (Å²) in [5.41, 5.74) is 1.56. The Morgan fingerprint density at radius 2 is 1.14 bits per heavy atom. The molecule has 3 atom stereocenters. The molecule has 0 amide bonds. The molecule has 0 aromatic heterocycles. The summed E-state index contributed by atoms with van der Waals surface area (Å²) >= 11 is 35.3. The molecule has 160 valence electrons. The molecule has 0 heterocycles. The third-order valence-electron chi connectivity index (χ3n) is 6.08. The number of benzene rings is 1. The zero-order chi connectivity index (χ0) is 21.0. The Kier molecular flexibility index (Phi) is 10.4. The van der Waals surface area contributed by atoms with Crippen molar-refractivity contribution >= 4 is 69.6 Å². The SMILES string of the molecule is CC1CCC(C(C)C)C(c2ccccc2)C1.Cl[C@H]1[C@H](Cl)[C@@H](Cl)[C@@H](Cl)[C@H](Cl)[C@H]1Cl. The molecular formula is C22H30Cl6. The van der Waals surface area contributed by atoms with Crippen molar-refractivity contribution in [1.82, 2.24) is 0 Å². The Balaban J connectivity index is 0.000000209. The summed E-state index contributed by atoms with van der Waals surface area (Å²) in [7, 11) is 0. The first-order chi connectivity index (χ1) is 13.1. The largest absolute Gasteiger partial charge is 0.120 e. The van der Waals surface area contributed by atoms with E-state index in [1.54, 1.807) is 5.56 Å². The van der Waals surface area contributed by atoms with E-state index in [-0.39, 0.29) is 0 Å². The van der Waals surface area contributed by atoms with Crippen LogP contribution in [0.1, 0.15) is 51.5 Å². The second kappa shape index (κ2) is 11.5. The zero-order valence-corrected chi connectivity index (χ0v) is 21.1. The van der Waals surface area contributed by atoms with Crippen LogP contribution >= 0.6 is 69.6 Å². The van der Waals surface area contributed by atoms with E-state index in [2.05, 4.69) is 51.1 Å². The van der Waals surface area contributed by atoms with E-state index in [1.807, 2.05) is 0 Å². The molecule has 0 radical (unpaired) electrons. The van der Waals surface area contributed by atoms with Crippen LogP contribution in [0.4, 0.5) is 0 Å². The predicted octanol–water partition coefficient (Wildman–Crippen LogP) is 8.51. The summed E-state index contributed by atoms with van der Waals surface area (Å²) in [5.74, 6) is 3.40. The van der Waals surface area contributed by atoms with Gasteiger partial charge in [-0.2, -0.15) is 0 Å². The number of hydrogen-bond acceptors (Lipinski definition) is 0.